The monoisotopic (exact) mass is 278 g/mol. The molecule has 0 spiro atoms. The van der Waals surface area contributed by atoms with Crippen LogP contribution in [-0.2, 0) is 14.3 Å². The van der Waals surface area contributed by atoms with Gasteiger partial charge in [0.25, 0.3) is 0 Å². The average Bonchev–Trinajstić information content (AvgIpc) is 2.28. The minimum absolute atomic E-state index is 0.305. The van der Waals surface area contributed by atoms with Gasteiger partial charge in [0.2, 0.25) is 5.12 Å². The fourth-order valence-electron chi connectivity index (χ4n) is 2.54. The van der Waals surface area contributed by atoms with E-state index in [1.54, 1.807) is 6.92 Å². The summed E-state index contributed by atoms with van der Waals surface area (Å²) in [6.07, 6.45) is 1.43. The molecule has 0 aromatic heterocycles. The Morgan fingerprint density at radius 3 is 1.59 bits per heavy atom. The number of ether oxygens (including phenoxy) is 1. The van der Waals surface area contributed by atoms with Gasteiger partial charge in [-0.15, -0.1) is 25.3 Å². The Kier molecular flexibility index (Phi) is 6.81. The van der Waals surface area contributed by atoms with Gasteiger partial charge in [-0.25, -0.2) is 0 Å². The molecule has 0 rings (SSSR count). The zero-order chi connectivity index (χ0) is 13.7. The predicted octanol–water partition coefficient (Wildman–Crippen LogP) is 2.89. The van der Waals surface area contributed by atoms with Gasteiger partial charge < -0.3 is 4.74 Å². The van der Waals surface area contributed by atoms with E-state index in [0.717, 1.165) is 0 Å². The molecule has 0 aromatic rings. The van der Waals surface area contributed by atoms with Gasteiger partial charge in [0, 0.05) is 6.61 Å². The Morgan fingerprint density at radius 1 is 0.941 bits per heavy atom. The number of hydrogen-bond donors (Lipinski definition) is 2. The van der Waals surface area contributed by atoms with Crippen molar-refractivity contribution in [3.05, 3.63) is 0 Å². The Bertz CT molecular complexity index is 287. The average molecular weight is 278 g/mol. The van der Waals surface area contributed by atoms with Gasteiger partial charge in [0.1, 0.15) is 5.60 Å². The molecule has 0 saturated heterocycles. The number of hydrogen-bond acceptors (Lipinski definition) is 3. The first-order valence-corrected chi connectivity index (χ1v) is 6.88. The Morgan fingerprint density at radius 2 is 1.41 bits per heavy atom. The van der Waals surface area contributed by atoms with Crippen LogP contribution in [0.4, 0.5) is 0 Å². The van der Waals surface area contributed by atoms with Crippen molar-refractivity contribution in [2.75, 3.05) is 6.61 Å². The van der Waals surface area contributed by atoms with Crippen molar-refractivity contribution < 1.29 is 14.3 Å². The van der Waals surface area contributed by atoms with Crippen LogP contribution >= 0.6 is 25.3 Å². The fraction of sp³-hybridized carbons (Fsp3) is 0.833. The smallest absolute Gasteiger partial charge is 0.218 e. The van der Waals surface area contributed by atoms with E-state index in [9.17, 15) is 9.59 Å². The van der Waals surface area contributed by atoms with E-state index in [4.69, 9.17) is 4.74 Å². The molecule has 0 amide bonds. The lowest BCUT2D eigenvalue weighted by Gasteiger charge is -2.45. The molecule has 0 heterocycles. The van der Waals surface area contributed by atoms with E-state index in [1.165, 1.54) is 0 Å². The SMILES string of the molecule is CCOC(CC)(C(=O)S)C(CC)(CC)C(=O)S. The zero-order valence-electron chi connectivity index (χ0n) is 10.9. The molecule has 0 N–H and O–H groups in total. The van der Waals surface area contributed by atoms with Gasteiger partial charge in [-0.1, -0.05) is 20.8 Å². The van der Waals surface area contributed by atoms with E-state index >= 15 is 0 Å². The van der Waals surface area contributed by atoms with Crippen LogP contribution in [0.2, 0.25) is 0 Å². The van der Waals surface area contributed by atoms with Crippen LogP contribution in [0.25, 0.3) is 0 Å². The molecule has 1 unspecified atom stereocenters. The lowest BCUT2D eigenvalue weighted by molar-refractivity contribution is -0.166. The molecule has 0 aromatic carbocycles. The lowest BCUT2D eigenvalue weighted by atomic mass is 9.67. The molecule has 0 radical (unpaired) electrons. The zero-order valence-corrected chi connectivity index (χ0v) is 12.7. The molecule has 0 aliphatic carbocycles. The Labute approximate surface area is 115 Å². The highest BCUT2D eigenvalue weighted by molar-refractivity contribution is 7.97. The second kappa shape index (κ2) is 6.81. The van der Waals surface area contributed by atoms with Crippen LogP contribution < -0.4 is 0 Å². The molecule has 5 heteroatoms. The van der Waals surface area contributed by atoms with Crippen molar-refractivity contribution in [3.8, 4) is 0 Å². The first-order valence-electron chi connectivity index (χ1n) is 5.99. The van der Waals surface area contributed by atoms with E-state index in [2.05, 4.69) is 25.3 Å². The van der Waals surface area contributed by atoms with E-state index in [1.807, 2.05) is 20.8 Å². The number of carbonyl (C=O) groups is 2. The van der Waals surface area contributed by atoms with Crippen LogP contribution in [0, 0.1) is 5.41 Å². The lowest BCUT2D eigenvalue weighted by Crippen LogP contribution is -2.57. The largest absolute Gasteiger partial charge is 0.365 e. The van der Waals surface area contributed by atoms with Crippen molar-refractivity contribution in [2.24, 2.45) is 5.41 Å². The van der Waals surface area contributed by atoms with Gasteiger partial charge >= 0.3 is 0 Å². The molecule has 3 nitrogen and oxygen atoms in total. The summed E-state index contributed by atoms with van der Waals surface area (Å²) in [5, 5.41) is -0.701. The molecule has 0 aliphatic heterocycles. The summed E-state index contributed by atoms with van der Waals surface area (Å²) in [7, 11) is 0. The standard InChI is InChI=1S/C12H22O3S2/c1-5-11(6-2,9(13)16)12(7-3,10(14)17)15-8-4/h5-8H2,1-4H3,(H,13,16)(H,14,17). The van der Waals surface area contributed by atoms with Gasteiger partial charge in [-0.3, -0.25) is 9.59 Å². The Hall–Kier alpha value is -0.0000000000000000555. The van der Waals surface area contributed by atoms with Crippen LogP contribution in [0.3, 0.4) is 0 Å². The highest BCUT2D eigenvalue weighted by Crippen LogP contribution is 2.46. The second-order valence-corrected chi connectivity index (χ2v) is 4.83. The third-order valence-electron chi connectivity index (χ3n) is 3.62. The van der Waals surface area contributed by atoms with Gasteiger partial charge in [0.05, 0.1) is 5.41 Å². The maximum absolute atomic E-state index is 11.9. The van der Waals surface area contributed by atoms with E-state index in [-0.39, 0.29) is 5.12 Å². The van der Waals surface area contributed by atoms with Crippen molar-refractivity contribution in [3.63, 3.8) is 0 Å². The molecule has 0 bridgehead atoms. The summed E-state index contributed by atoms with van der Waals surface area (Å²) in [4.78, 5) is 23.8. The summed E-state index contributed by atoms with van der Waals surface area (Å²) in [6, 6.07) is 0. The van der Waals surface area contributed by atoms with Crippen LogP contribution in [0.5, 0.6) is 0 Å². The minimum Gasteiger partial charge on any atom is -0.365 e. The van der Waals surface area contributed by atoms with Crippen molar-refractivity contribution >= 4 is 35.5 Å². The highest BCUT2D eigenvalue weighted by atomic mass is 32.1. The normalized spacial score (nSPS) is 15.4. The van der Waals surface area contributed by atoms with Crippen molar-refractivity contribution in [1.82, 2.24) is 0 Å². The van der Waals surface area contributed by atoms with E-state index in [0.29, 0.717) is 25.9 Å². The maximum atomic E-state index is 11.9. The predicted molar refractivity (Wildman–Crippen MR) is 75.6 cm³/mol. The molecule has 1 atom stereocenters. The van der Waals surface area contributed by atoms with Crippen LogP contribution in [0.15, 0.2) is 0 Å². The van der Waals surface area contributed by atoms with Gasteiger partial charge in [0.15, 0.2) is 5.12 Å². The van der Waals surface area contributed by atoms with Gasteiger partial charge in [-0.05, 0) is 26.2 Å². The van der Waals surface area contributed by atoms with Crippen LogP contribution in [-0.4, -0.2) is 22.4 Å². The van der Waals surface area contributed by atoms with Crippen molar-refractivity contribution in [1.29, 1.82) is 0 Å². The molecule has 0 saturated carbocycles. The van der Waals surface area contributed by atoms with Crippen LogP contribution in [0.1, 0.15) is 47.0 Å². The molecule has 100 valence electrons. The minimum atomic E-state index is -1.17. The maximum Gasteiger partial charge on any atom is 0.218 e. The first kappa shape index (κ1) is 17.0. The van der Waals surface area contributed by atoms with Gasteiger partial charge in [-0.2, -0.15) is 0 Å². The molecule has 17 heavy (non-hydrogen) atoms. The summed E-state index contributed by atoms with van der Waals surface area (Å²) in [5.41, 5.74) is -2.08. The summed E-state index contributed by atoms with van der Waals surface area (Å²) in [6.45, 7) is 7.75. The molecular formula is C12H22O3S2. The third-order valence-corrected chi connectivity index (χ3v) is 4.41. The highest BCUT2D eigenvalue weighted by Gasteiger charge is 2.56. The number of carbonyl (C=O) groups excluding carboxylic acids is 2. The number of rotatable bonds is 8. The molecule has 0 fully saturated rings. The van der Waals surface area contributed by atoms with Crippen molar-refractivity contribution in [2.45, 2.75) is 52.6 Å². The summed E-state index contributed by atoms with van der Waals surface area (Å²) in [5.74, 6) is 0. The quantitative estimate of drug-likeness (QED) is 0.671. The van der Waals surface area contributed by atoms with E-state index < -0.39 is 16.1 Å². The molecular weight excluding hydrogens is 256 g/mol. The molecule has 0 aliphatic rings. The number of thiol groups is 2. The second-order valence-electron chi connectivity index (χ2n) is 4.01. The first-order chi connectivity index (χ1) is 7.88. The topological polar surface area (TPSA) is 43.4 Å². The fourth-order valence-corrected chi connectivity index (χ4v) is 3.47. The third kappa shape index (κ3) is 2.71. The Balaban J connectivity index is 5.82. The summed E-state index contributed by atoms with van der Waals surface area (Å²) < 4.78 is 5.65. The summed E-state index contributed by atoms with van der Waals surface area (Å²) >= 11 is 7.91.